The molecule has 0 saturated carbocycles. The molecular weight excluding hydrogens is 280 g/mol. The van der Waals surface area contributed by atoms with Crippen molar-refractivity contribution in [2.75, 3.05) is 39.3 Å². The maximum absolute atomic E-state index is 12.1. The number of hydrogen-bond donors (Lipinski definition) is 0. The standard InChI is InChI=1S/C17H26N2O3/c1-14(2)21-13-12-18-8-10-19(11-9-18)17(20)7-6-16-5-4-15(3)22-16/h4-7,14H,8-13H2,1-3H3. The number of piperazine rings is 1. The van der Waals surface area contributed by atoms with Crippen LogP contribution in [0.1, 0.15) is 25.4 Å². The first-order valence-electron chi connectivity index (χ1n) is 7.92. The van der Waals surface area contributed by atoms with Gasteiger partial charge in [-0.2, -0.15) is 0 Å². The highest BCUT2D eigenvalue weighted by Gasteiger charge is 2.19. The normalized spacial score (nSPS) is 16.8. The van der Waals surface area contributed by atoms with Crippen LogP contribution in [0.25, 0.3) is 6.08 Å². The van der Waals surface area contributed by atoms with Crippen LogP contribution < -0.4 is 0 Å². The molecule has 0 aliphatic carbocycles. The van der Waals surface area contributed by atoms with Gasteiger partial charge in [0.2, 0.25) is 5.91 Å². The number of ether oxygens (including phenoxy) is 1. The molecule has 0 N–H and O–H groups in total. The van der Waals surface area contributed by atoms with Gasteiger partial charge in [-0.3, -0.25) is 9.69 Å². The van der Waals surface area contributed by atoms with E-state index in [1.807, 2.05) is 37.8 Å². The first-order chi connectivity index (χ1) is 10.5. The minimum Gasteiger partial charge on any atom is -0.462 e. The average molecular weight is 306 g/mol. The van der Waals surface area contributed by atoms with Crippen molar-refractivity contribution in [1.82, 2.24) is 9.80 Å². The molecule has 0 atom stereocenters. The number of hydrogen-bond acceptors (Lipinski definition) is 4. The quantitative estimate of drug-likeness (QED) is 0.756. The highest BCUT2D eigenvalue weighted by atomic mass is 16.5. The topological polar surface area (TPSA) is 45.9 Å². The molecule has 1 aromatic heterocycles. The lowest BCUT2D eigenvalue weighted by Gasteiger charge is -2.34. The van der Waals surface area contributed by atoms with E-state index in [2.05, 4.69) is 4.90 Å². The summed E-state index contributed by atoms with van der Waals surface area (Å²) in [5, 5.41) is 0. The molecule has 1 aliphatic heterocycles. The summed E-state index contributed by atoms with van der Waals surface area (Å²) in [5.41, 5.74) is 0. The summed E-state index contributed by atoms with van der Waals surface area (Å²) in [6.45, 7) is 11.0. The van der Waals surface area contributed by atoms with Gasteiger partial charge in [-0.1, -0.05) is 0 Å². The molecule has 0 radical (unpaired) electrons. The summed E-state index contributed by atoms with van der Waals surface area (Å²) >= 11 is 0. The van der Waals surface area contributed by atoms with Gasteiger partial charge in [0.05, 0.1) is 12.7 Å². The van der Waals surface area contributed by atoms with E-state index in [4.69, 9.17) is 9.15 Å². The molecule has 1 aromatic rings. The minimum atomic E-state index is 0.0483. The fourth-order valence-electron chi connectivity index (χ4n) is 2.41. The Morgan fingerprint density at radius 2 is 2.05 bits per heavy atom. The van der Waals surface area contributed by atoms with Crippen LogP contribution in [-0.4, -0.2) is 61.1 Å². The van der Waals surface area contributed by atoms with Crippen LogP contribution in [0.15, 0.2) is 22.6 Å². The Balaban J connectivity index is 1.71. The fourth-order valence-corrected chi connectivity index (χ4v) is 2.41. The Bertz CT molecular complexity index is 500. The molecule has 0 spiro atoms. The molecule has 1 aliphatic rings. The van der Waals surface area contributed by atoms with Crippen molar-refractivity contribution in [2.24, 2.45) is 0 Å². The lowest BCUT2D eigenvalue weighted by Crippen LogP contribution is -2.49. The summed E-state index contributed by atoms with van der Waals surface area (Å²) in [6.07, 6.45) is 3.60. The van der Waals surface area contributed by atoms with E-state index in [0.29, 0.717) is 0 Å². The van der Waals surface area contributed by atoms with Crippen molar-refractivity contribution in [3.63, 3.8) is 0 Å². The number of rotatable bonds is 6. The van der Waals surface area contributed by atoms with Gasteiger partial charge in [0.15, 0.2) is 0 Å². The Morgan fingerprint density at radius 1 is 1.32 bits per heavy atom. The van der Waals surface area contributed by atoms with E-state index in [1.165, 1.54) is 0 Å². The SMILES string of the molecule is Cc1ccc(C=CC(=O)N2CCN(CCOC(C)C)CC2)o1. The molecule has 0 bridgehead atoms. The number of amides is 1. The third-order valence-corrected chi connectivity index (χ3v) is 3.69. The largest absolute Gasteiger partial charge is 0.462 e. The maximum atomic E-state index is 12.1. The van der Waals surface area contributed by atoms with Crippen molar-refractivity contribution in [3.05, 3.63) is 29.7 Å². The molecule has 1 saturated heterocycles. The Hall–Kier alpha value is -1.59. The predicted molar refractivity (Wildman–Crippen MR) is 86.6 cm³/mol. The van der Waals surface area contributed by atoms with E-state index in [0.717, 1.165) is 50.9 Å². The Kier molecular flexibility index (Phi) is 6.21. The van der Waals surface area contributed by atoms with Gasteiger partial charge >= 0.3 is 0 Å². The van der Waals surface area contributed by atoms with Gasteiger partial charge in [-0.15, -0.1) is 0 Å². The van der Waals surface area contributed by atoms with Crippen LogP contribution >= 0.6 is 0 Å². The number of nitrogens with zero attached hydrogens (tertiary/aromatic N) is 2. The van der Waals surface area contributed by atoms with Gasteiger partial charge in [0.25, 0.3) is 0 Å². The van der Waals surface area contributed by atoms with Gasteiger partial charge in [-0.05, 0) is 39.0 Å². The van der Waals surface area contributed by atoms with Crippen molar-refractivity contribution in [1.29, 1.82) is 0 Å². The second-order valence-electron chi connectivity index (χ2n) is 5.87. The lowest BCUT2D eigenvalue weighted by atomic mass is 10.3. The second-order valence-corrected chi connectivity index (χ2v) is 5.87. The molecule has 0 unspecified atom stereocenters. The van der Waals surface area contributed by atoms with Crippen LogP contribution in [0.4, 0.5) is 0 Å². The van der Waals surface area contributed by atoms with Crippen LogP contribution in [0.5, 0.6) is 0 Å². The number of furan rings is 1. The Morgan fingerprint density at radius 3 is 2.64 bits per heavy atom. The fraction of sp³-hybridized carbons (Fsp3) is 0.588. The van der Waals surface area contributed by atoms with E-state index < -0.39 is 0 Å². The smallest absolute Gasteiger partial charge is 0.246 e. The summed E-state index contributed by atoms with van der Waals surface area (Å²) in [5.74, 6) is 1.62. The summed E-state index contributed by atoms with van der Waals surface area (Å²) in [6, 6.07) is 3.76. The molecule has 22 heavy (non-hydrogen) atoms. The molecule has 1 amide bonds. The Labute approximate surface area is 132 Å². The summed E-state index contributed by atoms with van der Waals surface area (Å²) in [7, 11) is 0. The van der Waals surface area contributed by atoms with Crippen LogP contribution in [0.3, 0.4) is 0 Å². The van der Waals surface area contributed by atoms with Crippen molar-refractivity contribution >= 4 is 12.0 Å². The predicted octanol–water partition coefficient (Wildman–Crippen LogP) is 2.17. The maximum Gasteiger partial charge on any atom is 0.246 e. The van der Waals surface area contributed by atoms with E-state index >= 15 is 0 Å². The zero-order chi connectivity index (χ0) is 15.9. The zero-order valence-electron chi connectivity index (χ0n) is 13.7. The minimum absolute atomic E-state index is 0.0483. The number of aryl methyl sites for hydroxylation is 1. The molecule has 2 rings (SSSR count). The van der Waals surface area contributed by atoms with Crippen LogP contribution in [0, 0.1) is 6.92 Å². The molecule has 122 valence electrons. The molecule has 2 heterocycles. The first kappa shape index (κ1) is 16.8. The van der Waals surface area contributed by atoms with Gasteiger partial charge < -0.3 is 14.1 Å². The molecule has 1 fully saturated rings. The molecular formula is C17H26N2O3. The number of carbonyl (C=O) groups is 1. The van der Waals surface area contributed by atoms with Crippen molar-refractivity contribution in [3.8, 4) is 0 Å². The van der Waals surface area contributed by atoms with E-state index in [-0.39, 0.29) is 12.0 Å². The monoisotopic (exact) mass is 306 g/mol. The molecule has 0 aromatic carbocycles. The van der Waals surface area contributed by atoms with Crippen LogP contribution in [0.2, 0.25) is 0 Å². The zero-order valence-corrected chi connectivity index (χ0v) is 13.7. The van der Waals surface area contributed by atoms with Crippen molar-refractivity contribution in [2.45, 2.75) is 26.9 Å². The van der Waals surface area contributed by atoms with Gasteiger partial charge in [-0.25, -0.2) is 0 Å². The lowest BCUT2D eigenvalue weighted by molar-refractivity contribution is -0.127. The average Bonchev–Trinajstić information content (AvgIpc) is 2.91. The van der Waals surface area contributed by atoms with E-state index in [9.17, 15) is 4.79 Å². The van der Waals surface area contributed by atoms with Gasteiger partial charge in [0.1, 0.15) is 11.5 Å². The highest BCUT2D eigenvalue weighted by molar-refractivity contribution is 5.91. The summed E-state index contributed by atoms with van der Waals surface area (Å²) in [4.78, 5) is 16.4. The van der Waals surface area contributed by atoms with Crippen LogP contribution in [-0.2, 0) is 9.53 Å². The second kappa shape index (κ2) is 8.15. The molecule has 5 heteroatoms. The third-order valence-electron chi connectivity index (χ3n) is 3.69. The van der Waals surface area contributed by atoms with Gasteiger partial charge in [0, 0.05) is 38.8 Å². The summed E-state index contributed by atoms with van der Waals surface area (Å²) < 4.78 is 11.0. The third kappa shape index (κ3) is 5.31. The highest BCUT2D eigenvalue weighted by Crippen LogP contribution is 2.09. The van der Waals surface area contributed by atoms with E-state index in [1.54, 1.807) is 12.2 Å². The first-order valence-corrected chi connectivity index (χ1v) is 7.92. The molecule has 5 nitrogen and oxygen atoms in total. The van der Waals surface area contributed by atoms with Crippen molar-refractivity contribution < 1.29 is 13.9 Å². The number of carbonyl (C=O) groups excluding carboxylic acids is 1.